The molecule has 4 nitrogen and oxygen atoms in total. The molecule has 0 spiro atoms. The molecule has 0 bridgehead atoms. The molecule has 2 heterocycles. The number of nitrogens with zero attached hydrogens (tertiary/aromatic N) is 1. The minimum atomic E-state index is 0.132. The molecule has 0 radical (unpaired) electrons. The summed E-state index contributed by atoms with van der Waals surface area (Å²) in [5, 5.41) is 3.45. The quantitative estimate of drug-likeness (QED) is 0.814. The van der Waals surface area contributed by atoms with Crippen molar-refractivity contribution in [3.05, 3.63) is 35.4 Å². The van der Waals surface area contributed by atoms with Crippen molar-refractivity contribution in [2.75, 3.05) is 26.2 Å². The summed E-state index contributed by atoms with van der Waals surface area (Å²) in [4.78, 5) is 14.7. The van der Waals surface area contributed by atoms with Crippen molar-refractivity contribution in [1.82, 2.24) is 10.2 Å². The summed E-state index contributed by atoms with van der Waals surface area (Å²) in [5.41, 5.74) is 2.69. The van der Waals surface area contributed by atoms with Crippen LogP contribution < -0.4 is 5.32 Å². The van der Waals surface area contributed by atoms with Crippen molar-refractivity contribution < 1.29 is 9.53 Å². The van der Waals surface area contributed by atoms with Crippen molar-refractivity contribution in [2.24, 2.45) is 5.92 Å². The highest BCUT2D eigenvalue weighted by molar-refractivity contribution is 5.81. The van der Waals surface area contributed by atoms with Crippen molar-refractivity contribution in [3.8, 4) is 0 Å². The Balaban J connectivity index is 1.44. The lowest BCUT2D eigenvalue weighted by Gasteiger charge is -2.25. The number of nitrogens with one attached hydrogen (secondary N) is 1. The molecule has 2 fully saturated rings. The van der Waals surface area contributed by atoms with E-state index in [-0.39, 0.29) is 12.0 Å². The zero-order valence-electron chi connectivity index (χ0n) is 11.5. The van der Waals surface area contributed by atoms with Gasteiger partial charge in [-0.25, -0.2) is 0 Å². The number of fused-ring (bicyclic) bond motifs is 2. The zero-order valence-corrected chi connectivity index (χ0v) is 11.5. The highest BCUT2D eigenvalue weighted by Crippen LogP contribution is 2.29. The normalized spacial score (nSPS) is 29.3. The molecule has 0 aromatic heterocycles. The Kier molecular flexibility index (Phi) is 3.00. The van der Waals surface area contributed by atoms with E-state index in [0.717, 1.165) is 39.1 Å². The second-order valence-corrected chi connectivity index (χ2v) is 6.09. The van der Waals surface area contributed by atoms with Gasteiger partial charge in [-0.2, -0.15) is 0 Å². The molecule has 1 aromatic carbocycles. The van der Waals surface area contributed by atoms with Gasteiger partial charge in [-0.3, -0.25) is 4.79 Å². The Bertz CT molecular complexity index is 492. The summed E-state index contributed by atoms with van der Waals surface area (Å²) in [5.74, 6) is 0.438. The smallest absolute Gasteiger partial charge is 0.226 e. The largest absolute Gasteiger partial charge is 0.373 e. The molecular formula is C16H20N2O2. The summed E-state index contributed by atoms with van der Waals surface area (Å²) in [6.45, 7) is 3.22. The Labute approximate surface area is 119 Å². The molecular weight excluding hydrogens is 252 g/mol. The van der Waals surface area contributed by atoms with Crippen LogP contribution >= 0.6 is 0 Å². The second kappa shape index (κ2) is 4.86. The minimum absolute atomic E-state index is 0.132. The van der Waals surface area contributed by atoms with E-state index < -0.39 is 0 Å². The maximum absolute atomic E-state index is 12.7. The second-order valence-electron chi connectivity index (χ2n) is 6.09. The maximum Gasteiger partial charge on any atom is 0.226 e. The summed E-state index contributed by atoms with van der Waals surface area (Å²) >= 11 is 0. The summed E-state index contributed by atoms with van der Waals surface area (Å²) in [6.07, 6.45) is 1.99. The van der Waals surface area contributed by atoms with Crippen LogP contribution in [0.3, 0.4) is 0 Å². The molecule has 2 atom stereocenters. The Morgan fingerprint density at radius 2 is 1.95 bits per heavy atom. The molecule has 2 saturated heterocycles. The summed E-state index contributed by atoms with van der Waals surface area (Å²) < 4.78 is 5.75. The van der Waals surface area contributed by atoms with Gasteiger partial charge in [0.25, 0.3) is 0 Å². The van der Waals surface area contributed by atoms with Crippen LogP contribution in [0.15, 0.2) is 24.3 Å². The van der Waals surface area contributed by atoms with Crippen molar-refractivity contribution in [1.29, 1.82) is 0 Å². The van der Waals surface area contributed by atoms with E-state index in [1.165, 1.54) is 11.1 Å². The van der Waals surface area contributed by atoms with Crippen molar-refractivity contribution in [2.45, 2.75) is 25.0 Å². The number of hydrogen-bond acceptors (Lipinski definition) is 3. The molecule has 2 aliphatic heterocycles. The van der Waals surface area contributed by atoms with Crippen LogP contribution in [0.2, 0.25) is 0 Å². The Hall–Kier alpha value is -1.39. The SMILES string of the molecule is O=C(C1Cc2ccccc2C1)N1C[C@@H]2NCCO[C@H]2C1. The lowest BCUT2D eigenvalue weighted by molar-refractivity contribution is -0.134. The molecule has 4 heteroatoms. The van der Waals surface area contributed by atoms with Crippen molar-refractivity contribution >= 4 is 5.91 Å². The van der Waals surface area contributed by atoms with Gasteiger partial charge in [-0.1, -0.05) is 24.3 Å². The average molecular weight is 272 g/mol. The van der Waals surface area contributed by atoms with Crippen LogP contribution in [0.5, 0.6) is 0 Å². The van der Waals surface area contributed by atoms with E-state index in [9.17, 15) is 4.79 Å². The molecule has 3 aliphatic rings. The van der Waals surface area contributed by atoms with Gasteiger partial charge >= 0.3 is 0 Å². The number of amides is 1. The van der Waals surface area contributed by atoms with Gasteiger partial charge in [-0.05, 0) is 24.0 Å². The van der Waals surface area contributed by atoms with E-state index in [4.69, 9.17) is 4.74 Å². The van der Waals surface area contributed by atoms with Crippen molar-refractivity contribution in [3.63, 3.8) is 0 Å². The van der Waals surface area contributed by atoms with Crippen LogP contribution in [0, 0.1) is 5.92 Å². The van der Waals surface area contributed by atoms with Gasteiger partial charge in [0, 0.05) is 25.6 Å². The third kappa shape index (κ3) is 2.03. The third-order valence-corrected chi connectivity index (χ3v) is 4.82. The molecule has 106 valence electrons. The summed E-state index contributed by atoms with van der Waals surface area (Å²) in [6, 6.07) is 8.76. The number of likely N-dealkylation sites (tertiary alicyclic amines) is 1. The molecule has 1 amide bonds. The minimum Gasteiger partial charge on any atom is -0.373 e. The van der Waals surface area contributed by atoms with Gasteiger partial charge < -0.3 is 15.0 Å². The lowest BCUT2D eigenvalue weighted by Crippen LogP contribution is -2.47. The van der Waals surface area contributed by atoms with Crippen LogP contribution in [-0.4, -0.2) is 49.2 Å². The number of morpholine rings is 1. The van der Waals surface area contributed by atoms with Gasteiger partial charge in [0.2, 0.25) is 5.91 Å². The molecule has 1 aromatic rings. The van der Waals surface area contributed by atoms with E-state index in [2.05, 4.69) is 29.6 Å². The van der Waals surface area contributed by atoms with Crippen LogP contribution in [0.4, 0.5) is 0 Å². The fraction of sp³-hybridized carbons (Fsp3) is 0.562. The first-order chi connectivity index (χ1) is 9.81. The monoisotopic (exact) mass is 272 g/mol. The molecule has 1 aliphatic carbocycles. The zero-order chi connectivity index (χ0) is 13.5. The molecule has 1 N–H and O–H groups in total. The average Bonchev–Trinajstić information content (AvgIpc) is 3.10. The maximum atomic E-state index is 12.7. The fourth-order valence-corrected chi connectivity index (χ4v) is 3.77. The van der Waals surface area contributed by atoms with Gasteiger partial charge in [-0.15, -0.1) is 0 Å². The number of carbonyl (C=O) groups excluding carboxylic acids is 1. The Morgan fingerprint density at radius 3 is 2.65 bits per heavy atom. The van der Waals surface area contributed by atoms with Gasteiger partial charge in [0.05, 0.1) is 18.8 Å². The van der Waals surface area contributed by atoms with Gasteiger partial charge in [0.1, 0.15) is 0 Å². The van der Waals surface area contributed by atoms with Crippen LogP contribution in [0.25, 0.3) is 0 Å². The number of rotatable bonds is 1. The first-order valence-electron chi connectivity index (χ1n) is 7.52. The first kappa shape index (κ1) is 12.4. The fourth-order valence-electron chi connectivity index (χ4n) is 3.77. The number of ether oxygens (including phenoxy) is 1. The molecule has 0 saturated carbocycles. The molecule has 20 heavy (non-hydrogen) atoms. The van der Waals surface area contributed by atoms with E-state index >= 15 is 0 Å². The first-order valence-corrected chi connectivity index (χ1v) is 7.52. The molecule has 4 rings (SSSR count). The standard InChI is InChI=1S/C16H20N2O2/c19-16(13-7-11-3-1-2-4-12(11)8-13)18-9-14-15(10-18)20-6-5-17-14/h1-4,13-15,17H,5-10H2/t14-,15-/m0/s1. The topological polar surface area (TPSA) is 41.6 Å². The summed E-state index contributed by atoms with van der Waals surface area (Å²) in [7, 11) is 0. The number of hydrogen-bond donors (Lipinski definition) is 1. The highest BCUT2D eigenvalue weighted by atomic mass is 16.5. The predicted octanol–water partition coefficient (Wildman–Crippen LogP) is 0.601. The van der Waals surface area contributed by atoms with E-state index in [1.54, 1.807) is 0 Å². The van der Waals surface area contributed by atoms with Crippen LogP contribution in [0.1, 0.15) is 11.1 Å². The third-order valence-electron chi connectivity index (χ3n) is 4.82. The number of benzene rings is 1. The lowest BCUT2D eigenvalue weighted by atomic mass is 10.1. The Morgan fingerprint density at radius 1 is 1.20 bits per heavy atom. The predicted molar refractivity (Wildman–Crippen MR) is 75.5 cm³/mol. The van der Waals surface area contributed by atoms with E-state index in [0.29, 0.717) is 11.9 Å². The molecule has 0 unspecified atom stereocenters. The van der Waals surface area contributed by atoms with E-state index in [1.807, 2.05) is 4.90 Å². The van der Waals surface area contributed by atoms with Crippen LogP contribution in [-0.2, 0) is 22.4 Å². The van der Waals surface area contributed by atoms with Gasteiger partial charge in [0.15, 0.2) is 0 Å². The number of carbonyl (C=O) groups is 1. The highest BCUT2D eigenvalue weighted by Gasteiger charge is 2.40.